The van der Waals surface area contributed by atoms with Gasteiger partial charge in [-0.05, 0) is 62.3 Å². The molecule has 4 aliphatic rings. The second-order valence-corrected chi connectivity index (χ2v) is 13.9. The van der Waals surface area contributed by atoms with Gasteiger partial charge < -0.3 is 9.26 Å². The molecule has 3 heterocycles. The SMILES string of the molecule is O=C(NS(=O)(=O)C1CC1N1C[C@@H]2C[C@H]1C[C@H]2OCc1c(-c2c(Cl)cccc2Cl)noc1C1CC1)c1cccnc1. The molecule has 5 atom stereocenters. The van der Waals surface area contributed by atoms with Gasteiger partial charge in [0.1, 0.15) is 11.5 Å². The zero-order valence-corrected chi connectivity index (χ0v) is 23.8. The smallest absolute Gasteiger partial charge is 0.266 e. The van der Waals surface area contributed by atoms with Gasteiger partial charge in [0.25, 0.3) is 5.91 Å². The van der Waals surface area contributed by atoms with Crippen molar-refractivity contribution in [1.29, 1.82) is 0 Å². The number of ether oxygens (including phenoxy) is 1. The molecule has 1 amide bonds. The number of fused-ring (bicyclic) bond motifs is 2. The van der Waals surface area contributed by atoms with Gasteiger partial charge in [-0.2, -0.15) is 0 Å². The number of piperidine rings is 1. The summed E-state index contributed by atoms with van der Waals surface area (Å²) in [7, 11) is -3.78. The van der Waals surface area contributed by atoms with Crippen LogP contribution in [-0.2, 0) is 21.4 Å². The molecule has 7 rings (SSSR count). The van der Waals surface area contributed by atoms with Crippen LogP contribution >= 0.6 is 23.2 Å². The molecule has 0 spiro atoms. The molecule has 2 bridgehead atoms. The largest absolute Gasteiger partial charge is 0.373 e. The van der Waals surface area contributed by atoms with Gasteiger partial charge in [0, 0.05) is 48.1 Å². The minimum Gasteiger partial charge on any atom is -0.373 e. The standard InChI is InChI=1S/C28H28Cl2N4O5S/c29-20-4-1-5-21(30)25(20)26-19(27(39-32-26)15-6-7-15)14-38-23-10-18-9-17(23)13-34(18)22-11-24(22)40(36,37)33-28(35)16-3-2-8-31-12-16/h1-5,8,12,15,17-18,22-24H,6-7,9-11,13-14H2,(H,33,35)/t17-,18-,22?,23+,24?/m0/s1. The van der Waals surface area contributed by atoms with Crippen LogP contribution in [0, 0.1) is 5.92 Å². The van der Waals surface area contributed by atoms with E-state index in [4.69, 9.17) is 32.5 Å². The predicted molar refractivity (Wildman–Crippen MR) is 149 cm³/mol. The lowest BCUT2D eigenvalue weighted by atomic mass is 10.0. The minimum atomic E-state index is -3.78. The first-order valence-electron chi connectivity index (χ1n) is 13.6. The molecule has 0 radical (unpaired) electrons. The Hall–Kier alpha value is -2.50. The Morgan fingerprint density at radius 1 is 1.12 bits per heavy atom. The highest BCUT2D eigenvalue weighted by molar-refractivity contribution is 7.91. The van der Waals surface area contributed by atoms with Gasteiger partial charge in [0.15, 0.2) is 0 Å². The molecule has 1 aliphatic heterocycles. The number of pyridine rings is 1. The van der Waals surface area contributed by atoms with Crippen molar-refractivity contribution in [2.45, 2.75) is 68.1 Å². The molecular formula is C28H28Cl2N4O5S. The number of carbonyl (C=O) groups excluding carboxylic acids is 1. The molecular weight excluding hydrogens is 575 g/mol. The number of aromatic nitrogens is 2. The maximum Gasteiger partial charge on any atom is 0.266 e. The molecule has 3 aliphatic carbocycles. The third-order valence-electron chi connectivity index (χ3n) is 8.61. The molecule has 40 heavy (non-hydrogen) atoms. The summed E-state index contributed by atoms with van der Waals surface area (Å²) in [5.41, 5.74) is 2.44. The van der Waals surface area contributed by atoms with Crippen LogP contribution in [0.1, 0.15) is 59.7 Å². The number of hydrogen-bond donors (Lipinski definition) is 1. The van der Waals surface area contributed by atoms with E-state index in [1.165, 1.54) is 12.4 Å². The van der Waals surface area contributed by atoms with Crippen molar-refractivity contribution in [1.82, 2.24) is 19.8 Å². The number of carbonyl (C=O) groups is 1. The van der Waals surface area contributed by atoms with E-state index >= 15 is 0 Å². The third kappa shape index (κ3) is 4.83. The molecule has 1 aromatic carbocycles. The highest BCUT2D eigenvalue weighted by atomic mass is 35.5. The Morgan fingerprint density at radius 2 is 1.93 bits per heavy atom. The zero-order valence-electron chi connectivity index (χ0n) is 21.5. The van der Waals surface area contributed by atoms with E-state index in [2.05, 4.69) is 19.8 Å². The van der Waals surface area contributed by atoms with Crippen molar-refractivity contribution in [3.63, 3.8) is 0 Å². The number of rotatable bonds is 9. The lowest BCUT2D eigenvalue weighted by molar-refractivity contribution is -0.0119. The summed E-state index contributed by atoms with van der Waals surface area (Å²) in [6.07, 6.45) is 7.42. The van der Waals surface area contributed by atoms with Gasteiger partial charge >= 0.3 is 0 Å². The highest BCUT2D eigenvalue weighted by Crippen LogP contribution is 2.49. The van der Waals surface area contributed by atoms with Crippen molar-refractivity contribution in [2.24, 2.45) is 5.92 Å². The first kappa shape index (κ1) is 26.4. The number of sulfonamides is 1. The zero-order chi connectivity index (χ0) is 27.6. The molecule has 1 N–H and O–H groups in total. The lowest BCUT2D eigenvalue weighted by Gasteiger charge is -2.32. The summed E-state index contributed by atoms with van der Waals surface area (Å²) in [4.78, 5) is 18.6. The topological polar surface area (TPSA) is 115 Å². The third-order valence-corrected chi connectivity index (χ3v) is 11.0. The molecule has 4 fully saturated rings. The van der Waals surface area contributed by atoms with Crippen LogP contribution < -0.4 is 4.72 Å². The molecule has 3 aromatic rings. The van der Waals surface area contributed by atoms with E-state index < -0.39 is 21.2 Å². The van der Waals surface area contributed by atoms with Gasteiger partial charge in [-0.15, -0.1) is 0 Å². The van der Waals surface area contributed by atoms with Gasteiger partial charge in [0.05, 0.1) is 33.6 Å². The summed E-state index contributed by atoms with van der Waals surface area (Å²) in [5, 5.41) is 4.80. The van der Waals surface area contributed by atoms with E-state index in [9.17, 15) is 13.2 Å². The molecule has 1 saturated heterocycles. The Labute approximate surface area is 242 Å². The van der Waals surface area contributed by atoms with Crippen molar-refractivity contribution < 1.29 is 22.5 Å². The maximum atomic E-state index is 12.9. The predicted octanol–water partition coefficient (Wildman–Crippen LogP) is 4.80. The van der Waals surface area contributed by atoms with Crippen molar-refractivity contribution in [3.05, 3.63) is 69.7 Å². The van der Waals surface area contributed by atoms with E-state index in [0.717, 1.165) is 43.6 Å². The van der Waals surface area contributed by atoms with Gasteiger partial charge in [-0.1, -0.05) is 34.4 Å². The van der Waals surface area contributed by atoms with E-state index in [1.54, 1.807) is 30.3 Å². The number of likely N-dealkylation sites (tertiary alicyclic amines) is 1. The van der Waals surface area contributed by atoms with E-state index in [1.807, 2.05) is 0 Å². The van der Waals surface area contributed by atoms with Gasteiger partial charge in [0.2, 0.25) is 10.0 Å². The molecule has 210 valence electrons. The van der Waals surface area contributed by atoms with Crippen molar-refractivity contribution >= 4 is 39.1 Å². The average molecular weight is 604 g/mol. The quantitative estimate of drug-likeness (QED) is 0.371. The normalized spacial score (nSPS) is 27.7. The summed E-state index contributed by atoms with van der Waals surface area (Å²) in [6.45, 7) is 1.14. The first-order chi connectivity index (χ1) is 19.3. The van der Waals surface area contributed by atoms with Crippen molar-refractivity contribution in [2.75, 3.05) is 6.54 Å². The number of hydrogen-bond acceptors (Lipinski definition) is 8. The summed E-state index contributed by atoms with van der Waals surface area (Å²) >= 11 is 13.0. The van der Waals surface area contributed by atoms with Crippen LogP contribution in [0.5, 0.6) is 0 Å². The fourth-order valence-electron chi connectivity index (χ4n) is 6.39. The molecule has 2 aromatic heterocycles. The van der Waals surface area contributed by atoms with Gasteiger partial charge in [-0.3, -0.25) is 14.7 Å². The first-order valence-corrected chi connectivity index (χ1v) is 15.9. The fraction of sp³-hybridized carbons (Fsp3) is 0.464. The number of amides is 1. The Bertz CT molecular complexity index is 1540. The lowest BCUT2D eigenvalue weighted by Crippen LogP contribution is -2.43. The van der Waals surface area contributed by atoms with Crippen LogP contribution in [0.25, 0.3) is 11.3 Å². The van der Waals surface area contributed by atoms with E-state index in [0.29, 0.717) is 46.2 Å². The number of benzene rings is 1. The molecule has 9 nitrogen and oxygen atoms in total. The molecule has 12 heteroatoms. The second-order valence-electron chi connectivity index (χ2n) is 11.2. The van der Waals surface area contributed by atoms with Crippen LogP contribution in [0.3, 0.4) is 0 Å². The monoisotopic (exact) mass is 602 g/mol. The van der Waals surface area contributed by atoms with Crippen LogP contribution in [0.15, 0.2) is 47.2 Å². The number of nitrogens with zero attached hydrogens (tertiary/aromatic N) is 3. The van der Waals surface area contributed by atoms with E-state index in [-0.39, 0.29) is 23.8 Å². The Kier molecular flexibility index (Phi) is 6.66. The molecule has 3 saturated carbocycles. The number of halogens is 2. The second kappa shape index (κ2) is 10.1. The van der Waals surface area contributed by atoms with Crippen molar-refractivity contribution in [3.8, 4) is 11.3 Å². The highest BCUT2D eigenvalue weighted by Gasteiger charge is 2.57. The van der Waals surface area contributed by atoms with Crippen LogP contribution in [0.2, 0.25) is 10.0 Å². The number of nitrogens with one attached hydrogen (secondary N) is 1. The Balaban J connectivity index is 0.991. The maximum absolute atomic E-state index is 12.9. The van der Waals surface area contributed by atoms with Gasteiger partial charge in [-0.25, -0.2) is 13.1 Å². The average Bonchev–Trinajstić information content (AvgIpc) is 3.83. The fourth-order valence-corrected chi connectivity index (χ4v) is 8.52. The summed E-state index contributed by atoms with van der Waals surface area (Å²) in [6, 6.07) is 8.71. The van der Waals surface area contributed by atoms with Crippen LogP contribution in [-0.4, -0.2) is 59.3 Å². The molecule has 2 unspecified atom stereocenters. The van der Waals surface area contributed by atoms with Crippen LogP contribution in [0.4, 0.5) is 0 Å². The Morgan fingerprint density at radius 3 is 2.60 bits per heavy atom. The summed E-state index contributed by atoms with van der Waals surface area (Å²) in [5.74, 6) is 0.876. The summed E-state index contributed by atoms with van der Waals surface area (Å²) < 4.78 is 40.3. The minimum absolute atomic E-state index is 0.0665.